The van der Waals surface area contributed by atoms with Gasteiger partial charge in [0.2, 0.25) is 0 Å². The van der Waals surface area contributed by atoms with E-state index in [0.29, 0.717) is 0 Å². The van der Waals surface area contributed by atoms with E-state index in [2.05, 4.69) is 34.6 Å². The topological polar surface area (TPSA) is 0 Å². The average Bonchev–Trinajstić information content (AvgIpc) is 1.84. The van der Waals surface area contributed by atoms with Crippen molar-refractivity contribution in [3.63, 3.8) is 0 Å². The fraction of sp³-hybridized carbons (Fsp3) is 1.00. The molecule has 0 bridgehead atoms. The molecule has 0 N–H and O–H groups in total. The van der Waals surface area contributed by atoms with Crippen LogP contribution >= 0.6 is 0 Å². The summed E-state index contributed by atoms with van der Waals surface area (Å²) in [6, 6.07) is 0. The second-order valence-corrected chi connectivity index (χ2v) is 8.02. The van der Waals surface area contributed by atoms with Crippen molar-refractivity contribution in [2.75, 3.05) is 0 Å². The van der Waals surface area contributed by atoms with Crippen LogP contribution in [0.25, 0.3) is 0 Å². The summed E-state index contributed by atoms with van der Waals surface area (Å²) in [6.45, 7) is 11.8. The van der Waals surface area contributed by atoms with Crippen LogP contribution in [0.3, 0.4) is 0 Å². The Morgan fingerprint density at radius 2 is 1.27 bits per heavy atom. The molecule has 0 aromatic rings. The minimum Gasteiger partial charge on any atom is -0.0967 e. The van der Waals surface area contributed by atoms with Crippen LogP contribution in [0.15, 0.2) is 0 Å². The lowest BCUT2D eigenvalue weighted by Gasteiger charge is -2.13. The third-order valence-electron chi connectivity index (χ3n) is 2.19. The van der Waals surface area contributed by atoms with E-state index in [9.17, 15) is 0 Å². The van der Waals surface area contributed by atoms with E-state index in [-0.39, 0.29) is 14.1 Å². The van der Waals surface area contributed by atoms with Gasteiger partial charge in [-0.3, -0.25) is 0 Å². The van der Waals surface area contributed by atoms with E-state index in [1.165, 1.54) is 5.28 Å². The third kappa shape index (κ3) is 6.91. The van der Waals surface area contributed by atoms with Crippen molar-refractivity contribution in [3.05, 3.63) is 0 Å². The van der Waals surface area contributed by atoms with Crippen molar-refractivity contribution in [1.29, 1.82) is 0 Å². The molecule has 0 aliphatic heterocycles. The van der Waals surface area contributed by atoms with Crippen LogP contribution in [0, 0.1) is 11.8 Å². The van der Waals surface area contributed by atoms with Gasteiger partial charge in [0.25, 0.3) is 14.1 Å². The minimum atomic E-state index is -0.329. The van der Waals surface area contributed by atoms with Crippen molar-refractivity contribution < 1.29 is 0 Å². The fourth-order valence-corrected chi connectivity index (χ4v) is 5.29. The second kappa shape index (κ2) is 6.09. The Morgan fingerprint density at radius 1 is 0.909 bits per heavy atom. The van der Waals surface area contributed by atoms with Crippen LogP contribution in [0.1, 0.15) is 34.6 Å². The first-order valence-corrected chi connectivity index (χ1v) is 7.51. The maximum absolute atomic E-state index is 2.38. The number of rotatable bonds is 5. The monoisotopic (exact) mass is 170 g/mol. The van der Waals surface area contributed by atoms with E-state index in [0.717, 1.165) is 11.8 Å². The van der Waals surface area contributed by atoms with Crippen LogP contribution in [-0.2, 0) is 0 Å². The van der Waals surface area contributed by atoms with E-state index >= 15 is 0 Å². The first kappa shape index (κ1) is 11.5. The highest BCUT2D eigenvalue weighted by atomic mass is 27.2. The van der Waals surface area contributed by atoms with E-state index in [1.54, 1.807) is 10.6 Å². The Labute approximate surface area is 76.8 Å². The Bertz CT molecular complexity index is 76.9. The lowest BCUT2D eigenvalue weighted by molar-refractivity contribution is 0.688. The van der Waals surface area contributed by atoms with Crippen molar-refractivity contribution >= 4 is 14.1 Å². The molecule has 0 spiro atoms. The molecule has 0 aliphatic carbocycles. The zero-order valence-corrected chi connectivity index (χ0v) is 10.0. The molecule has 0 radical (unpaired) electrons. The van der Waals surface area contributed by atoms with Crippen LogP contribution in [0.2, 0.25) is 15.8 Å². The zero-order chi connectivity index (χ0) is 8.85. The predicted molar refractivity (Wildman–Crippen MR) is 55.5 cm³/mol. The third-order valence-corrected chi connectivity index (χ3v) is 6.56. The summed E-state index contributed by atoms with van der Waals surface area (Å²) in [5.74, 6) is 1.87. The fourth-order valence-electron chi connectivity index (χ4n) is 1.76. The van der Waals surface area contributed by atoms with Crippen molar-refractivity contribution in [1.82, 2.24) is 0 Å². The molecule has 0 atom stereocenters. The molecular formula is C10H23Al. The summed E-state index contributed by atoms with van der Waals surface area (Å²) in [6.07, 6.45) is 0. The van der Waals surface area contributed by atoms with E-state index in [4.69, 9.17) is 0 Å². The highest BCUT2D eigenvalue weighted by molar-refractivity contribution is 6.58. The molecule has 0 aromatic heterocycles. The Balaban J connectivity index is 3.58. The molecule has 11 heavy (non-hydrogen) atoms. The molecule has 0 fully saturated rings. The number of hydrogen-bond donors (Lipinski definition) is 0. The van der Waals surface area contributed by atoms with Gasteiger partial charge in [-0.1, -0.05) is 62.3 Å². The predicted octanol–water partition coefficient (Wildman–Crippen LogP) is 3.81. The van der Waals surface area contributed by atoms with Gasteiger partial charge in [-0.2, -0.15) is 0 Å². The zero-order valence-electron chi connectivity index (χ0n) is 8.85. The molecule has 0 unspecified atom stereocenters. The summed E-state index contributed by atoms with van der Waals surface area (Å²) >= 11 is -0.329. The van der Waals surface area contributed by atoms with Gasteiger partial charge in [0.05, 0.1) is 0 Å². The lowest BCUT2D eigenvalue weighted by Crippen LogP contribution is -2.15. The molecule has 0 saturated heterocycles. The van der Waals surface area contributed by atoms with Crippen molar-refractivity contribution in [2.45, 2.75) is 50.5 Å². The molecular weight excluding hydrogens is 147 g/mol. The van der Waals surface area contributed by atoms with Crippen LogP contribution in [0.5, 0.6) is 0 Å². The van der Waals surface area contributed by atoms with Crippen molar-refractivity contribution in [2.24, 2.45) is 11.8 Å². The normalized spacial score (nSPS) is 11.2. The highest BCUT2D eigenvalue weighted by Gasteiger charge is 2.16. The first-order chi connectivity index (χ1) is 5.06. The van der Waals surface area contributed by atoms with Gasteiger partial charge < -0.3 is 0 Å². The summed E-state index contributed by atoms with van der Waals surface area (Å²) in [5, 5.41) is 4.60. The Hall–Kier alpha value is 0.532. The molecule has 0 aromatic carbocycles. The van der Waals surface area contributed by atoms with E-state index in [1.807, 2.05) is 0 Å². The molecule has 0 nitrogen and oxygen atoms in total. The quantitative estimate of drug-likeness (QED) is 0.550. The summed E-state index contributed by atoms with van der Waals surface area (Å²) in [5.41, 5.74) is 0. The number of hydrogen-bond acceptors (Lipinski definition) is 0. The summed E-state index contributed by atoms with van der Waals surface area (Å²) in [4.78, 5) is 0. The van der Waals surface area contributed by atoms with E-state index < -0.39 is 0 Å². The first-order valence-electron chi connectivity index (χ1n) is 5.06. The van der Waals surface area contributed by atoms with Gasteiger partial charge >= 0.3 is 0 Å². The van der Waals surface area contributed by atoms with Crippen LogP contribution in [-0.4, -0.2) is 14.1 Å². The van der Waals surface area contributed by atoms with Gasteiger partial charge in [-0.25, -0.2) is 0 Å². The van der Waals surface area contributed by atoms with Crippen molar-refractivity contribution in [3.8, 4) is 0 Å². The molecule has 0 saturated carbocycles. The summed E-state index contributed by atoms with van der Waals surface area (Å²) < 4.78 is 0. The standard InChI is InChI=1S/2C4H9.C2H5.Al/c2*1-4(2)3;1-2;/h2*4H,1H2,2-3H3;1H2,2H3;. The SMILES string of the molecule is C[CH2][Al]([CH2]C(C)C)[CH2]C(C)C. The molecule has 0 aliphatic rings. The smallest absolute Gasteiger partial charge is 0.0967 e. The maximum Gasteiger partial charge on any atom is 0.262 e. The van der Waals surface area contributed by atoms with Gasteiger partial charge in [-0.15, -0.1) is 0 Å². The van der Waals surface area contributed by atoms with Gasteiger partial charge in [0, 0.05) is 0 Å². The Kier molecular flexibility index (Phi) is 6.39. The largest absolute Gasteiger partial charge is 0.262 e. The van der Waals surface area contributed by atoms with Gasteiger partial charge in [-0.05, 0) is 0 Å². The lowest BCUT2D eigenvalue weighted by atomic mass is 10.3. The van der Waals surface area contributed by atoms with Crippen LogP contribution in [0.4, 0.5) is 0 Å². The molecule has 1 heteroatoms. The van der Waals surface area contributed by atoms with Gasteiger partial charge in [0.1, 0.15) is 0 Å². The summed E-state index contributed by atoms with van der Waals surface area (Å²) in [7, 11) is 0. The van der Waals surface area contributed by atoms with Gasteiger partial charge in [0.15, 0.2) is 0 Å². The maximum atomic E-state index is 2.38. The molecule has 0 amide bonds. The molecule has 0 rings (SSSR count). The Morgan fingerprint density at radius 3 is 1.45 bits per heavy atom. The van der Waals surface area contributed by atoms with Crippen LogP contribution < -0.4 is 0 Å². The minimum absolute atomic E-state index is 0.329. The second-order valence-electron chi connectivity index (χ2n) is 4.53. The average molecular weight is 170 g/mol. The molecule has 0 heterocycles. The highest BCUT2D eigenvalue weighted by Crippen LogP contribution is 2.16. The molecule has 66 valence electrons.